The molecule has 0 saturated carbocycles. The van der Waals surface area contributed by atoms with E-state index < -0.39 is 11.9 Å². The van der Waals surface area contributed by atoms with Gasteiger partial charge in [0.25, 0.3) is 5.91 Å². The Labute approximate surface area is 115 Å². The maximum absolute atomic E-state index is 11.7. The van der Waals surface area contributed by atoms with Crippen LogP contribution in [0, 0.1) is 0 Å². The van der Waals surface area contributed by atoms with Gasteiger partial charge < -0.3 is 9.94 Å². The van der Waals surface area contributed by atoms with E-state index in [1.54, 1.807) is 6.92 Å². The van der Waals surface area contributed by atoms with Crippen LogP contribution in [0.5, 0.6) is 0 Å². The number of carbonyl (C=O) groups excluding carboxylic acids is 2. The van der Waals surface area contributed by atoms with Gasteiger partial charge >= 0.3 is 5.97 Å². The first kappa shape index (κ1) is 15.3. The van der Waals surface area contributed by atoms with Crippen molar-refractivity contribution in [2.24, 2.45) is 10.3 Å². The molecule has 0 fully saturated rings. The van der Waals surface area contributed by atoms with Gasteiger partial charge in [-0.1, -0.05) is 5.16 Å². The van der Waals surface area contributed by atoms with E-state index in [1.807, 2.05) is 0 Å². The third kappa shape index (κ3) is 4.16. The Morgan fingerprint density at radius 2 is 2.05 bits per heavy atom. The lowest BCUT2D eigenvalue weighted by Gasteiger charge is -2.04. The summed E-state index contributed by atoms with van der Waals surface area (Å²) < 4.78 is 4.68. The molecule has 1 amide bonds. The van der Waals surface area contributed by atoms with Gasteiger partial charge in [0.15, 0.2) is 0 Å². The molecule has 0 unspecified atom stereocenters. The third-order valence-electron chi connectivity index (χ3n) is 2.18. The molecular weight excluding hydrogens is 264 g/mol. The zero-order chi connectivity index (χ0) is 15.0. The molecule has 1 aromatic heterocycles. The Morgan fingerprint density at radius 3 is 2.60 bits per heavy atom. The van der Waals surface area contributed by atoms with E-state index in [1.165, 1.54) is 31.5 Å². The molecule has 0 saturated heterocycles. The number of aromatic nitrogens is 1. The van der Waals surface area contributed by atoms with E-state index in [2.05, 4.69) is 25.4 Å². The zero-order valence-corrected chi connectivity index (χ0v) is 11.0. The molecule has 0 radical (unpaired) electrons. The summed E-state index contributed by atoms with van der Waals surface area (Å²) in [5, 5.41) is 15.2. The molecular formula is C12H14N4O4. The predicted octanol–water partition coefficient (Wildman–Crippen LogP) is 0.581. The normalized spacial score (nSPS) is 11.9. The summed E-state index contributed by atoms with van der Waals surface area (Å²) in [6, 6.07) is 3.01. The summed E-state index contributed by atoms with van der Waals surface area (Å²) in [6.45, 7) is 3.15. The highest BCUT2D eigenvalue weighted by atomic mass is 16.5. The monoisotopic (exact) mass is 278 g/mol. The van der Waals surface area contributed by atoms with E-state index in [0.29, 0.717) is 5.56 Å². The second-order valence-electron chi connectivity index (χ2n) is 3.54. The molecule has 0 aliphatic rings. The first-order chi connectivity index (χ1) is 9.60. The van der Waals surface area contributed by atoms with Crippen molar-refractivity contribution >= 4 is 23.3 Å². The van der Waals surface area contributed by atoms with Crippen molar-refractivity contribution in [1.82, 2.24) is 10.4 Å². The van der Waals surface area contributed by atoms with E-state index in [9.17, 15) is 9.59 Å². The Balaban J connectivity index is 2.74. The van der Waals surface area contributed by atoms with E-state index in [4.69, 9.17) is 5.21 Å². The molecule has 0 spiro atoms. The number of pyridine rings is 1. The highest BCUT2D eigenvalue weighted by Gasteiger charge is 2.17. The first-order valence-corrected chi connectivity index (χ1v) is 5.74. The zero-order valence-electron chi connectivity index (χ0n) is 11.0. The molecule has 8 heteroatoms. The molecule has 0 aromatic carbocycles. The van der Waals surface area contributed by atoms with Crippen LogP contribution in [0.1, 0.15) is 24.2 Å². The maximum Gasteiger partial charge on any atom is 0.362 e. The lowest BCUT2D eigenvalue weighted by molar-refractivity contribution is -0.134. The van der Waals surface area contributed by atoms with Crippen LogP contribution in [-0.4, -0.2) is 40.1 Å². The lowest BCUT2D eigenvalue weighted by atomic mass is 10.2. The van der Waals surface area contributed by atoms with E-state index >= 15 is 0 Å². The molecule has 0 aliphatic heterocycles. The summed E-state index contributed by atoms with van der Waals surface area (Å²) in [4.78, 5) is 26.9. The Morgan fingerprint density at radius 1 is 1.40 bits per heavy atom. The number of oxime groups is 1. The molecule has 2 N–H and O–H groups in total. The van der Waals surface area contributed by atoms with Crippen LogP contribution < -0.4 is 5.43 Å². The van der Waals surface area contributed by atoms with Crippen LogP contribution in [0.25, 0.3) is 0 Å². The summed E-state index contributed by atoms with van der Waals surface area (Å²) in [5.41, 5.74) is 2.24. The van der Waals surface area contributed by atoms with Crippen molar-refractivity contribution in [3.05, 3.63) is 30.1 Å². The van der Waals surface area contributed by atoms with Gasteiger partial charge in [-0.25, -0.2) is 10.2 Å². The Hall–Kier alpha value is -2.77. The van der Waals surface area contributed by atoms with Crippen LogP contribution in [0.4, 0.5) is 0 Å². The number of esters is 1. The van der Waals surface area contributed by atoms with Crippen molar-refractivity contribution < 1.29 is 19.5 Å². The number of rotatable bonds is 5. The summed E-state index contributed by atoms with van der Waals surface area (Å²) in [6.07, 6.45) is 2.93. The SMILES string of the molecule is CCOC(=O)C(=N\O)/C(C)=N\NC(=O)c1ccncc1. The topological polar surface area (TPSA) is 113 Å². The van der Waals surface area contributed by atoms with Crippen LogP contribution in [0.2, 0.25) is 0 Å². The van der Waals surface area contributed by atoms with Gasteiger partial charge in [0.2, 0.25) is 5.71 Å². The second-order valence-corrected chi connectivity index (χ2v) is 3.54. The predicted molar refractivity (Wildman–Crippen MR) is 70.7 cm³/mol. The van der Waals surface area contributed by atoms with Crippen LogP contribution in [-0.2, 0) is 9.53 Å². The number of nitrogens with one attached hydrogen (secondary N) is 1. The minimum Gasteiger partial charge on any atom is -0.461 e. The molecule has 20 heavy (non-hydrogen) atoms. The van der Waals surface area contributed by atoms with Gasteiger partial charge in [-0.05, 0) is 26.0 Å². The molecule has 0 aliphatic carbocycles. The number of hydrogen-bond donors (Lipinski definition) is 2. The van der Waals surface area contributed by atoms with Crippen molar-refractivity contribution in [2.45, 2.75) is 13.8 Å². The average Bonchev–Trinajstić information content (AvgIpc) is 2.46. The maximum atomic E-state index is 11.7. The fourth-order valence-corrected chi connectivity index (χ4v) is 1.22. The number of hydrazone groups is 1. The molecule has 1 heterocycles. The van der Waals surface area contributed by atoms with Gasteiger partial charge in [0.1, 0.15) is 0 Å². The van der Waals surface area contributed by atoms with Crippen LogP contribution in [0.15, 0.2) is 34.8 Å². The van der Waals surface area contributed by atoms with Crippen molar-refractivity contribution in [3.8, 4) is 0 Å². The smallest absolute Gasteiger partial charge is 0.362 e. The molecule has 8 nitrogen and oxygen atoms in total. The minimum absolute atomic E-state index is 0.0216. The van der Waals surface area contributed by atoms with Crippen molar-refractivity contribution in [2.75, 3.05) is 6.61 Å². The van der Waals surface area contributed by atoms with Crippen molar-refractivity contribution in [1.29, 1.82) is 0 Å². The fraction of sp³-hybridized carbons (Fsp3) is 0.250. The Kier molecular flexibility index (Phi) is 5.82. The highest BCUT2D eigenvalue weighted by molar-refractivity contribution is 6.65. The lowest BCUT2D eigenvalue weighted by Crippen LogP contribution is -2.28. The van der Waals surface area contributed by atoms with Crippen LogP contribution >= 0.6 is 0 Å². The van der Waals surface area contributed by atoms with E-state index in [0.717, 1.165) is 0 Å². The number of ether oxygens (including phenoxy) is 1. The Bertz CT molecular complexity index is 540. The molecule has 106 valence electrons. The third-order valence-corrected chi connectivity index (χ3v) is 2.18. The second kappa shape index (κ2) is 7.62. The first-order valence-electron chi connectivity index (χ1n) is 5.74. The standard InChI is InChI=1S/C12H14N4O4/c1-3-20-12(18)10(16-19)8(2)14-15-11(17)9-4-6-13-7-5-9/h4-7,19H,3H2,1-2H3,(H,15,17)/b14-8-,16-10-. The summed E-state index contributed by atoms with van der Waals surface area (Å²) in [5.74, 6) is -1.30. The number of hydrogen-bond acceptors (Lipinski definition) is 7. The quantitative estimate of drug-likeness (QED) is 0.354. The largest absolute Gasteiger partial charge is 0.461 e. The fourth-order valence-electron chi connectivity index (χ4n) is 1.22. The van der Waals surface area contributed by atoms with Gasteiger partial charge in [-0.15, -0.1) is 0 Å². The van der Waals surface area contributed by atoms with Gasteiger partial charge in [0.05, 0.1) is 12.3 Å². The van der Waals surface area contributed by atoms with Crippen LogP contribution in [0.3, 0.4) is 0 Å². The average molecular weight is 278 g/mol. The number of nitrogens with zero attached hydrogens (tertiary/aromatic N) is 3. The van der Waals surface area contributed by atoms with Gasteiger partial charge in [-0.2, -0.15) is 5.10 Å². The summed E-state index contributed by atoms with van der Waals surface area (Å²) in [7, 11) is 0. The molecule has 1 rings (SSSR count). The summed E-state index contributed by atoms with van der Waals surface area (Å²) >= 11 is 0. The van der Waals surface area contributed by atoms with Crippen molar-refractivity contribution in [3.63, 3.8) is 0 Å². The van der Waals surface area contributed by atoms with Gasteiger partial charge in [-0.3, -0.25) is 9.78 Å². The number of amides is 1. The number of carbonyl (C=O) groups is 2. The van der Waals surface area contributed by atoms with Gasteiger partial charge in [0, 0.05) is 18.0 Å². The minimum atomic E-state index is -0.825. The molecule has 1 aromatic rings. The van der Waals surface area contributed by atoms with E-state index in [-0.39, 0.29) is 18.0 Å². The highest BCUT2D eigenvalue weighted by Crippen LogP contribution is 1.96. The molecule has 0 bridgehead atoms. The molecule has 0 atom stereocenters.